The average molecular weight is 223 g/mol. The Morgan fingerprint density at radius 1 is 1.62 bits per heavy atom. The summed E-state index contributed by atoms with van der Waals surface area (Å²) in [5.41, 5.74) is 1.09. The van der Waals surface area contributed by atoms with Crippen molar-refractivity contribution in [1.29, 1.82) is 0 Å². The molecule has 88 valence electrons. The van der Waals surface area contributed by atoms with Gasteiger partial charge in [-0.25, -0.2) is 4.79 Å². The van der Waals surface area contributed by atoms with Gasteiger partial charge in [-0.1, -0.05) is 13.8 Å². The van der Waals surface area contributed by atoms with Gasteiger partial charge in [-0.2, -0.15) is 5.10 Å². The number of carboxylic acid groups (broad SMARTS) is 1. The maximum Gasteiger partial charge on any atom is 0.341 e. The highest BCUT2D eigenvalue weighted by molar-refractivity contribution is 5.94. The Morgan fingerprint density at radius 2 is 2.19 bits per heavy atom. The number of aromatic nitrogens is 2. The molecular formula is C11H17N3O2. The fourth-order valence-corrected chi connectivity index (χ4v) is 1.96. The first-order chi connectivity index (χ1) is 7.33. The molecule has 1 atom stereocenters. The number of aryl methyl sites for hydroxylation is 2. The van der Waals surface area contributed by atoms with Crippen LogP contribution in [0.2, 0.25) is 0 Å². The summed E-state index contributed by atoms with van der Waals surface area (Å²) in [6, 6.07) is 0.348. The van der Waals surface area contributed by atoms with Crippen molar-refractivity contribution in [2.75, 3.05) is 5.32 Å². The summed E-state index contributed by atoms with van der Waals surface area (Å²) in [4.78, 5) is 11.1. The van der Waals surface area contributed by atoms with Gasteiger partial charge in [-0.3, -0.25) is 4.68 Å². The van der Waals surface area contributed by atoms with Gasteiger partial charge in [-0.05, 0) is 18.8 Å². The molecule has 1 heterocycles. The molecule has 1 aliphatic carbocycles. The number of nitrogens with zero attached hydrogens (tertiary/aromatic N) is 2. The maximum absolute atomic E-state index is 11.1. The third-order valence-electron chi connectivity index (χ3n) is 3.26. The van der Waals surface area contributed by atoms with Crippen LogP contribution in [0.1, 0.15) is 36.3 Å². The number of hydrogen-bond acceptors (Lipinski definition) is 3. The molecule has 2 N–H and O–H groups in total. The van der Waals surface area contributed by atoms with Crippen molar-refractivity contribution < 1.29 is 9.90 Å². The van der Waals surface area contributed by atoms with Crippen molar-refractivity contribution in [2.45, 2.75) is 33.2 Å². The molecule has 2 rings (SSSR count). The molecule has 1 unspecified atom stereocenters. The molecule has 1 aromatic heterocycles. The van der Waals surface area contributed by atoms with Crippen molar-refractivity contribution in [1.82, 2.24) is 9.78 Å². The molecule has 0 aliphatic heterocycles. The second kappa shape index (κ2) is 3.23. The van der Waals surface area contributed by atoms with E-state index in [2.05, 4.69) is 24.3 Å². The van der Waals surface area contributed by atoms with E-state index in [1.54, 1.807) is 18.7 Å². The van der Waals surface area contributed by atoms with Gasteiger partial charge in [0.05, 0.1) is 5.69 Å². The van der Waals surface area contributed by atoms with E-state index in [9.17, 15) is 4.79 Å². The number of nitrogens with one attached hydrogen (secondary N) is 1. The Kier molecular flexibility index (Phi) is 2.22. The lowest BCUT2D eigenvalue weighted by Crippen LogP contribution is -2.14. The zero-order chi connectivity index (χ0) is 12.1. The number of carbonyl (C=O) groups is 1. The Labute approximate surface area is 94.5 Å². The Morgan fingerprint density at radius 3 is 2.62 bits per heavy atom. The molecule has 16 heavy (non-hydrogen) atoms. The summed E-state index contributed by atoms with van der Waals surface area (Å²) < 4.78 is 1.60. The standard InChI is InChI=1S/C11H17N3O2/c1-6-8(10(15)16)9(14(4)13-6)12-7-5-11(7,2)3/h7,12H,5H2,1-4H3,(H,15,16). The van der Waals surface area contributed by atoms with Crippen LogP contribution in [0.3, 0.4) is 0 Å². The summed E-state index contributed by atoms with van der Waals surface area (Å²) >= 11 is 0. The minimum Gasteiger partial charge on any atom is -0.477 e. The molecule has 0 aromatic carbocycles. The first-order valence-electron chi connectivity index (χ1n) is 5.36. The molecule has 0 spiro atoms. The van der Waals surface area contributed by atoms with Gasteiger partial charge in [0.1, 0.15) is 11.4 Å². The zero-order valence-corrected chi connectivity index (χ0v) is 10.0. The van der Waals surface area contributed by atoms with E-state index in [1.807, 2.05) is 0 Å². The summed E-state index contributed by atoms with van der Waals surface area (Å²) in [5.74, 6) is -0.313. The van der Waals surface area contributed by atoms with Crippen molar-refractivity contribution in [3.63, 3.8) is 0 Å². The molecule has 0 bridgehead atoms. The summed E-state index contributed by atoms with van der Waals surface area (Å²) in [7, 11) is 1.76. The van der Waals surface area contributed by atoms with Crippen molar-refractivity contribution in [3.8, 4) is 0 Å². The monoisotopic (exact) mass is 223 g/mol. The predicted molar refractivity (Wildman–Crippen MR) is 60.7 cm³/mol. The topological polar surface area (TPSA) is 67.2 Å². The minimum atomic E-state index is -0.924. The van der Waals surface area contributed by atoms with Gasteiger partial charge in [0, 0.05) is 13.1 Å². The van der Waals surface area contributed by atoms with E-state index in [0.717, 1.165) is 6.42 Å². The minimum absolute atomic E-state index is 0.258. The van der Waals surface area contributed by atoms with Gasteiger partial charge in [0.25, 0.3) is 0 Å². The molecule has 5 heteroatoms. The quantitative estimate of drug-likeness (QED) is 0.817. The van der Waals surface area contributed by atoms with E-state index in [0.29, 0.717) is 17.6 Å². The number of hydrogen-bond donors (Lipinski definition) is 2. The highest BCUT2D eigenvalue weighted by Gasteiger charge is 2.46. The van der Waals surface area contributed by atoms with E-state index in [1.165, 1.54) is 0 Å². The van der Waals surface area contributed by atoms with E-state index < -0.39 is 5.97 Å². The Hall–Kier alpha value is -1.52. The maximum atomic E-state index is 11.1. The molecule has 1 fully saturated rings. The van der Waals surface area contributed by atoms with E-state index >= 15 is 0 Å². The van der Waals surface area contributed by atoms with Crippen molar-refractivity contribution in [2.24, 2.45) is 12.5 Å². The van der Waals surface area contributed by atoms with Crippen LogP contribution in [0.4, 0.5) is 5.82 Å². The van der Waals surface area contributed by atoms with Gasteiger partial charge in [0.2, 0.25) is 0 Å². The summed E-state index contributed by atoms with van der Waals surface area (Å²) in [5, 5.41) is 16.5. The molecule has 1 saturated carbocycles. The van der Waals surface area contributed by atoms with E-state index in [-0.39, 0.29) is 11.0 Å². The third-order valence-corrected chi connectivity index (χ3v) is 3.26. The normalized spacial score (nSPS) is 21.9. The number of carboxylic acids is 1. The van der Waals surface area contributed by atoms with Gasteiger partial charge in [0.15, 0.2) is 0 Å². The molecular weight excluding hydrogens is 206 g/mol. The third kappa shape index (κ3) is 1.66. The van der Waals surface area contributed by atoms with Crippen LogP contribution in [0.15, 0.2) is 0 Å². The lowest BCUT2D eigenvalue weighted by molar-refractivity contribution is 0.0697. The smallest absolute Gasteiger partial charge is 0.341 e. The first kappa shape index (κ1) is 11.0. The predicted octanol–water partition coefficient (Wildman–Crippen LogP) is 1.64. The molecule has 1 aliphatic rings. The average Bonchev–Trinajstić information content (AvgIpc) is 2.59. The van der Waals surface area contributed by atoms with Crippen LogP contribution < -0.4 is 5.32 Å². The van der Waals surface area contributed by atoms with Crippen molar-refractivity contribution in [3.05, 3.63) is 11.3 Å². The molecule has 1 aromatic rings. The van der Waals surface area contributed by atoms with Crippen LogP contribution in [-0.4, -0.2) is 26.9 Å². The molecule has 0 amide bonds. The molecule has 0 saturated heterocycles. The largest absolute Gasteiger partial charge is 0.477 e. The Bertz CT molecular complexity index is 448. The van der Waals surface area contributed by atoms with Gasteiger partial charge < -0.3 is 10.4 Å². The van der Waals surface area contributed by atoms with E-state index in [4.69, 9.17) is 5.11 Å². The van der Waals surface area contributed by atoms with Gasteiger partial charge in [-0.15, -0.1) is 0 Å². The Balaban J connectivity index is 2.30. The molecule has 5 nitrogen and oxygen atoms in total. The number of anilines is 1. The number of aromatic carboxylic acids is 1. The fourth-order valence-electron chi connectivity index (χ4n) is 1.96. The van der Waals surface area contributed by atoms with Crippen LogP contribution in [0.25, 0.3) is 0 Å². The van der Waals surface area contributed by atoms with Crippen LogP contribution in [0, 0.1) is 12.3 Å². The summed E-state index contributed by atoms with van der Waals surface area (Å²) in [6.45, 7) is 6.04. The molecule has 0 radical (unpaired) electrons. The van der Waals surface area contributed by atoms with Gasteiger partial charge >= 0.3 is 5.97 Å². The van der Waals surface area contributed by atoms with Crippen LogP contribution in [0.5, 0.6) is 0 Å². The summed E-state index contributed by atoms with van der Waals surface area (Å²) in [6.07, 6.45) is 1.07. The second-order valence-electron chi connectivity index (χ2n) is 5.13. The SMILES string of the molecule is Cc1nn(C)c(NC2CC2(C)C)c1C(=O)O. The number of rotatable bonds is 3. The highest BCUT2D eigenvalue weighted by Crippen LogP contribution is 2.46. The van der Waals surface area contributed by atoms with Crippen molar-refractivity contribution >= 4 is 11.8 Å². The first-order valence-corrected chi connectivity index (χ1v) is 5.36. The second-order valence-corrected chi connectivity index (χ2v) is 5.13. The van der Waals surface area contributed by atoms with Crippen LogP contribution >= 0.6 is 0 Å². The van der Waals surface area contributed by atoms with Crippen LogP contribution in [-0.2, 0) is 7.05 Å². The fraction of sp³-hybridized carbons (Fsp3) is 0.636. The highest BCUT2D eigenvalue weighted by atomic mass is 16.4. The zero-order valence-electron chi connectivity index (χ0n) is 10.0. The lowest BCUT2D eigenvalue weighted by Gasteiger charge is -2.09. The lowest BCUT2D eigenvalue weighted by atomic mass is 10.2.